The molecule has 1 aromatic carbocycles. The van der Waals surface area contributed by atoms with Gasteiger partial charge in [0.15, 0.2) is 0 Å². The van der Waals surface area contributed by atoms with Gasteiger partial charge in [-0.25, -0.2) is 0 Å². The van der Waals surface area contributed by atoms with Crippen molar-refractivity contribution in [1.29, 1.82) is 0 Å². The Balaban J connectivity index is 1.73. The maximum absolute atomic E-state index is 9.66. The minimum Gasteiger partial charge on any atom is -0.490 e. The van der Waals surface area contributed by atoms with Gasteiger partial charge in [-0.1, -0.05) is 13.0 Å². The van der Waals surface area contributed by atoms with Gasteiger partial charge in [-0.15, -0.1) is 0 Å². The molecule has 1 saturated heterocycles. The number of hydrogen-bond donors (Lipinski definition) is 2. The van der Waals surface area contributed by atoms with Crippen molar-refractivity contribution in [3.63, 3.8) is 0 Å². The highest BCUT2D eigenvalue weighted by Gasteiger charge is 2.33. The van der Waals surface area contributed by atoms with E-state index < -0.39 is 0 Å². The smallest absolute Gasteiger partial charge is 0.120 e. The molecule has 2 atom stereocenters. The van der Waals surface area contributed by atoms with Gasteiger partial charge in [-0.3, -0.25) is 4.90 Å². The standard InChI is InChI=1S/C19H31N3O2/c1-3-15(13-23)22-12-14-4-5-17(10-18(14)19(22)11-20)24-16-6-8-21(2)9-7-16/h4-5,10,15-16,19,23H,3,6-9,11-13,20H2,1-2H3. The number of aliphatic hydroxyl groups is 1. The van der Waals surface area contributed by atoms with Crippen LogP contribution in [0, 0.1) is 0 Å². The third-order valence-electron chi connectivity index (χ3n) is 5.57. The average Bonchev–Trinajstić information content (AvgIpc) is 2.96. The maximum atomic E-state index is 9.66. The first-order valence-corrected chi connectivity index (χ1v) is 9.21. The minimum atomic E-state index is 0.171. The number of likely N-dealkylation sites (tertiary alicyclic amines) is 1. The first-order valence-electron chi connectivity index (χ1n) is 9.21. The molecule has 0 aliphatic carbocycles. The Labute approximate surface area is 145 Å². The van der Waals surface area contributed by atoms with Crippen LogP contribution in [-0.4, -0.2) is 60.3 Å². The number of nitrogens with two attached hydrogens (primary N) is 1. The second-order valence-corrected chi connectivity index (χ2v) is 7.15. The van der Waals surface area contributed by atoms with E-state index in [1.807, 2.05) is 0 Å². The van der Waals surface area contributed by atoms with Gasteiger partial charge >= 0.3 is 0 Å². The highest BCUT2D eigenvalue weighted by molar-refractivity contribution is 5.41. The molecule has 3 N–H and O–H groups in total. The van der Waals surface area contributed by atoms with Crippen molar-refractivity contribution < 1.29 is 9.84 Å². The van der Waals surface area contributed by atoms with Gasteiger partial charge in [-0.2, -0.15) is 0 Å². The van der Waals surface area contributed by atoms with Crippen LogP contribution < -0.4 is 10.5 Å². The van der Waals surface area contributed by atoms with Crippen molar-refractivity contribution in [2.75, 3.05) is 33.3 Å². The molecule has 3 rings (SSSR count). The van der Waals surface area contributed by atoms with E-state index in [4.69, 9.17) is 10.5 Å². The monoisotopic (exact) mass is 333 g/mol. The fourth-order valence-electron chi connectivity index (χ4n) is 4.00. The molecule has 0 aromatic heterocycles. The normalized spacial score (nSPS) is 24.1. The van der Waals surface area contributed by atoms with E-state index in [9.17, 15) is 5.11 Å². The van der Waals surface area contributed by atoms with Crippen molar-refractivity contribution in [2.45, 2.75) is 50.9 Å². The number of hydrogen-bond acceptors (Lipinski definition) is 5. The van der Waals surface area contributed by atoms with Gasteiger partial charge in [0.05, 0.1) is 6.61 Å². The van der Waals surface area contributed by atoms with Crippen molar-refractivity contribution in [1.82, 2.24) is 9.80 Å². The van der Waals surface area contributed by atoms with E-state index in [2.05, 4.69) is 42.0 Å². The Morgan fingerprint density at radius 1 is 1.33 bits per heavy atom. The predicted octanol–water partition coefficient (Wildman–Crippen LogP) is 1.75. The fraction of sp³-hybridized carbons (Fsp3) is 0.684. The molecule has 2 aliphatic heterocycles. The SMILES string of the molecule is CCC(CO)N1Cc2ccc(OC3CCN(C)CC3)cc2C1CN. The largest absolute Gasteiger partial charge is 0.490 e. The number of piperidine rings is 1. The van der Waals surface area contributed by atoms with E-state index in [1.165, 1.54) is 11.1 Å². The van der Waals surface area contributed by atoms with Crippen LogP contribution in [0.4, 0.5) is 0 Å². The number of benzene rings is 1. The second-order valence-electron chi connectivity index (χ2n) is 7.15. The molecule has 0 amide bonds. The highest BCUT2D eigenvalue weighted by atomic mass is 16.5. The molecule has 2 aliphatic rings. The van der Waals surface area contributed by atoms with Crippen LogP contribution in [0.25, 0.3) is 0 Å². The number of aliphatic hydroxyl groups excluding tert-OH is 1. The Hall–Kier alpha value is -1.14. The molecule has 1 fully saturated rings. The molecule has 2 heterocycles. The Bertz CT molecular complexity index is 539. The van der Waals surface area contributed by atoms with E-state index in [0.29, 0.717) is 12.6 Å². The Morgan fingerprint density at radius 2 is 2.08 bits per heavy atom. The number of fused-ring (bicyclic) bond motifs is 1. The predicted molar refractivity (Wildman–Crippen MR) is 96.1 cm³/mol. The molecule has 134 valence electrons. The second kappa shape index (κ2) is 7.83. The molecule has 5 heteroatoms. The molecule has 0 bridgehead atoms. The first kappa shape index (κ1) is 17.7. The van der Waals surface area contributed by atoms with Crippen LogP contribution in [0.15, 0.2) is 18.2 Å². The van der Waals surface area contributed by atoms with Crippen molar-refractivity contribution in [3.05, 3.63) is 29.3 Å². The topological polar surface area (TPSA) is 62.0 Å². The molecule has 1 aromatic rings. The highest BCUT2D eigenvalue weighted by Crippen LogP contribution is 2.37. The summed E-state index contributed by atoms with van der Waals surface area (Å²) in [5, 5.41) is 9.66. The van der Waals surface area contributed by atoms with E-state index in [-0.39, 0.29) is 18.7 Å². The summed E-state index contributed by atoms with van der Waals surface area (Å²) in [6.07, 6.45) is 3.42. The summed E-state index contributed by atoms with van der Waals surface area (Å²) in [5.41, 5.74) is 8.65. The minimum absolute atomic E-state index is 0.171. The summed E-state index contributed by atoms with van der Waals surface area (Å²) in [6.45, 7) is 5.94. The Morgan fingerprint density at radius 3 is 2.71 bits per heavy atom. The summed E-state index contributed by atoms with van der Waals surface area (Å²) in [6, 6.07) is 6.79. The van der Waals surface area contributed by atoms with Crippen LogP contribution in [0.5, 0.6) is 5.75 Å². The third kappa shape index (κ3) is 3.59. The molecule has 5 nitrogen and oxygen atoms in total. The zero-order valence-corrected chi connectivity index (χ0v) is 14.9. The van der Waals surface area contributed by atoms with Crippen molar-refractivity contribution >= 4 is 0 Å². The van der Waals surface area contributed by atoms with E-state index >= 15 is 0 Å². The lowest BCUT2D eigenvalue weighted by Gasteiger charge is -2.31. The fourth-order valence-corrected chi connectivity index (χ4v) is 4.00. The van der Waals surface area contributed by atoms with Crippen LogP contribution in [-0.2, 0) is 6.54 Å². The lowest BCUT2D eigenvalue weighted by atomic mass is 10.0. The molecule has 0 spiro atoms. The van der Waals surface area contributed by atoms with Gasteiger partial charge in [0.25, 0.3) is 0 Å². The van der Waals surface area contributed by atoms with Gasteiger partial charge < -0.3 is 20.5 Å². The molecule has 0 saturated carbocycles. The van der Waals surface area contributed by atoms with Crippen LogP contribution >= 0.6 is 0 Å². The summed E-state index contributed by atoms with van der Waals surface area (Å²) in [7, 11) is 2.16. The molecular weight excluding hydrogens is 302 g/mol. The Kier molecular flexibility index (Phi) is 5.76. The zero-order valence-electron chi connectivity index (χ0n) is 14.9. The van der Waals surface area contributed by atoms with Crippen LogP contribution in [0.3, 0.4) is 0 Å². The molecule has 24 heavy (non-hydrogen) atoms. The van der Waals surface area contributed by atoms with E-state index in [0.717, 1.165) is 44.6 Å². The molecular formula is C19H31N3O2. The quantitative estimate of drug-likeness (QED) is 0.830. The zero-order chi connectivity index (χ0) is 17.1. The van der Waals surface area contributed by atoms with Gasteiger partial charge in [0, 0.05) is 38.3 Å². The summed E-state index contributed by atoms with van der Waals surface area (Å²) in [5.74, 6) is 0.959. The van der Waals surface area contributed by atoms with Crippen LogP contribution in [0.1, 0.15) is 43.4 Å². The third-order valence-corrected chi connectivity index (χ3v) is 5.57. The van der Waals surface area contributed by atoms with Gasteiger partial charge in [-0.05, 0) is 49.6 Å². The first-order chi connectivity index (χ1) is 11.7. The van der Waals surface area contributed by atoms with E-state index in [1.54, 1.807) is 0 Å². The molecule has 2 unspecified atom stereocenters. The number of nitrogens with zero attached hydrogens (tertiary/aromatic N) is 2. The number of rotatable bonds is 6. The summed E-state index contributed by atoms with van der Waals surface area (Å²) in [4.78, 5) is 4.69. The van der Waals surface area contributed by atoms with Gasteiger partial charge in [0.1, 0.15) is 11.9 Å². The molecule has 0 radical (unpaired) electrons. The van der Waals surface area contributed by atoms with Crippen molar-refractivity contribution in [2.24, 2.45) is 5.73 Å². The average molecular weight is 333 g/mol. The lowest BCUT2D eigenvalue weighted by molar-refractivity contribution is 0.0892. The summed E-state index contributed by atoms with van der Waals surface area (Å²) < 4.78 is 6.23. The van der Waals surface area contributed by atoms with Gasteiger partial charge in [0.2, 0.25) is 0 Å². The number of ether oxygens (including phenoxy) is 1. The summed E-state index contributed by atoms with van der Waals surface area (Å²) >= 11 is 0. The van der Waals surface area contributed by atoms with Crippen molar-refractivity contribution in [3.8, 4) is 5.75 Å². The maximum Gasteiger partial charge on any atom is 0.120 e. The lowest BCUT2D eigenvalue weighted by Crippen LogP contribution is -2.38. The van der Waals surface area contributed by atoms with Crippen LogP contribution in [0.2, 0.25) is 0 Å².